The molecule has 0 amide bonds. The van der Waals surface area contributed by atoms with Crippen LogP contribution in [-0.2, 0) is 13.0 Å². The molecule has 0 N–H and O–H groups in total. The van der Waals surface area contributed by atoms with Crippen molar-refractivity contribution in [1.29, 1.82) is 0 Å². The van der Waals surface area contributed by atoms with Gasteiger partial charge in [0.25, 0.3) is 0 Å². The first kappa shape index (κ1) is 40.4. The average Bonchev–Trinajstić information content (AvgIpc) is 3.97. The predicted octanol–water partition coefficient (Wildman–Crippen LogP) is 17.8. The van der Waals surface area contributed by atoms with Crippen molar-refractivity contribution in [2.45, 2.75) is 13.0 Å². The summed E-state index contributed by atoms with van der Waals surface area (Å²) in [6.45, 7) is 0.670. The molecule has 0 aliphatic rings. The van der Waals surface area contributed by atoms with Crippen LogP contribution in [0.4, 0.5) is 11.4 Å². The summed E-state index contributed by atoms with van der Waals surface area (Å²) < 4.78 is 8.85. The topological polar surface area (TPSA) is 21.3 Å². The number of para-hydroxylation sites is 3. The molecule has 3 heteroatoms. The molecule has 0 bridgehead atoms. The first-order valence-electron chi connectivity index (χ1n) is 23.8. The van der Waals surface area contributed by atoms with Crippen molar-refractivity contribution in [3.05, 3.63) is 271 Å². The summed E-state index contributed by atoms with van der Waals surface area (Å²) in [6.07, 6.45) is 0.782. The Kier molecular flexibility index (Phi) is 9.98. The van der Waals surface area contributed by atoms with Crippen LogP contribution in [0.5, 0.6) is 0 Å². The molecule has 3 nitrogen and oxygen atoms in total. The Bertz CT molecular complexity index is 4000. The average molecular weight is 883 g/mol. The molecular formula is C66H46N2O. The van der Waals surface area contributed by atoms with Crippen LogP contribution >= 0.6 is 0 Å². The number of hydrogen-bond donors (Lipinski definition) is 0. The van der Waals surface area contributed by atoms with Gasteiger partial charge in [-0.1, -0.05) is 200 Å². The van der Waals surface area contributed by atoms with Gasteiger partial charge in [-0.15, -0.1) is 0 Å². The van der Waals surface area contributed by atoms with Crippen LogP contribution in [0.1, 0.15) is 16.7 Å². The van der Waals surface area contributed by atoms with Crippen LogP contribution in [0.2, 0.25) is 0 Å². The van der Waals surface area contributed by atoms with Gasteiger partial charge in [0.1, 0.15) is 11.2 Å². The van der Waals surface area contributed by atoms with Gasteiger partial charge in [0.15, 0.2) is 0 Å². The van der Waals surface area contributed by atoms with E-state index in [1.165, 1.54) is 88.3 Å². The van der Waals surface area contributed by atoms with E-state index in [1.54, 1.807) is 0 Å². The van der Waals surface area contributed by atoms with Crippen molar-refractivity contribution in [3.63, 3.8) is 0 Å². The third kappa shape index (κ3) is 7.15. The van der Waals surface area contributed by atoms with Crippen molar-refractivity contribution in [2.75, 3.05) is 4.90 Å². The minimum atomic E-state index is 0.670. The third-order valence-corrected chi connectivity index (χ3v) is 14.0. The maximum Gasteiger partial charge on any atom is 0.136 e. The van der Waals surface area contributed by atoms with Crippen LogP contribution in [0.3, 0.4) is 0 Å². The minimum absolute atomic E-state index is 0.670. The fraction of sp³-hybridized carbons (Fsp3) is 0.0303. The zero-order valence-corrected chi connectivity index (χ0v) is 38.0. The highest BCUT2D eigenvalue weighted by molar-refractivity contribution is 6.25. The highest BCUT2D eigenvalue weighted by atomic mass is 16.3. The van der Waals surface area contributed by atoms with E-state index in [9.17, 15) is 0 Å². The van der Waals surface area contributed by atoms with Gasteiger partial charge in [0.05, 0.1) is 11.0 Å². The van der Waals surface area contributed by atoms with E-state index in [2.05, 4.69) is 258 Å². The number of anilines is 2. The van der Waals surface area contributed by atoms with E-state index < -0.39 is 0 Å². The SMILES string of the molecule is c1ccc(-c2ccc(N(Cc3ccccc3-c3cccc4oc5ccccc5c34)c3ccc(Cc4ccccc4-n4c5ccccc5c5c6c(-c7ccccc7)cccc6ccc54)cc3)cc2)cc1. The zero-order valence-electron chi connectivity index (χ0n) is 38.0. The largest absolute Gasteiger partial charge is 0.456 e. The normalized spacial score (nSPS) is 11.6. The standard InChI is InChI=1S/C66H46N2O/c1-3-17-46(18-4-1)47-35-40-53(41-36-47)67(44-51-22-7-9-24-54(51)56-28-16-32-63-65(56)58-26-11-14-31-62(58)69-63)52-38-33-45(34-39-52)43-50-21-8-12-29-59(50)68-60-30-13-10-25-57(60)66-61(68)42-37-49-23-15-27-55(64(49)66)48-19-5-2-6-20-48/h1-42H,43-44H2. The molecule has 0 radical (unpaired) electrons. The maximum absolute atomic E-state index is 6.36. The lowest BCUT2D eigenvalue weighted by molar-refractivity contribution is 0.669. The fourth-order valence-electron chi connectivity index (χ4n) is 10.7. The Balaban J connectivity index is 0.890. The van der Waals surface area contributed by atoms with Crippen LogP contribution in [0.15, 0.2) is 259 Å². The highest BCUT2D eigenvalue weighted by Crippen LogP contribution is 2.43. The Labute approximate surface area is 401 Å². The lowest BCUT2D eigenvalue weighted by Crippen LogP contribution is -2.17. The van der Waals surface area contributed by atoms with Crippen LogP contribution in [0.25, 0.3) is 93.6 Å². The molecule has 2 aromatic heterocycles. The molecule has 13 aromatic rings. The second-order valence-corrected chi connectivity index (χ2v) is 18.0. The monoisotopic (exact) mass is 882 g/mol. The molecule has 0 atom stereocenters. The summed E-state index contributed by atoms with van der Waals surface area (Å²) in [5.74, 6) is 0. The second kappa shape index (κ2) is 17.1. The Morgan fingerprint density at radius 3 is 1.75 bits per heavy atom. The van der Waals surface area contributed by atoms with Crippen LogP contribution in [0, 0.1) is 0 Å². The summed E-state index contributed by atoms with van der Waals surface area (Å²) in [7, 11) is 0. The van der Waals surface area contributed by atoms with Crippen molar-refractivity contribution in [3.8, 4) is 39.1 Å². The van der Waals surface area contributed by atoms with Gasteiger partial charge in [0, 0.05) is 45.2 Å². The highest BCUT2D eigenvalue weighted by Gasteiger charge is 2.21. The predicted molar refractivity (Wildman–Crippen MR) is 290 cm³/mol. The van der Waals surface area contributed by atoms with Gasteiger partial charge in [-0.2, -0.15) is 0 Å². The molecule has 0 saturated heterocycles. The van der Waals surface area contributed by atoms with E-state index in [4.69, 9.17) is 4.42 Å². The van der Waals surface area contributed by atoms with Crippen molar-refractivity contribution in [2.24, 2.45) is 0 Å². The van der Waals surface area contributed by atoms with Gasteiger partial charge >= 0.3 is 0 Å². The smallest absolute Gasteiger partial charge is 0.136 e. The molecule has 0 fully saturated rings. The molecule has 11 aromatic carbocycles. The number of furan rings is 1. The summed E-state index contributed by atoms with van der Waals surface area (Å²) in [6, 6.07) is 92.4. The van der Waals surface area contributed by atoms with Crippen molar-refractivity contribution < 1.29 is 4.42 Å². The first-order chi connectivity index (χ1) is 34.2. The minimum Gasteiger partial charge on any atom is -0.456 e. The molecular weight excluding hydrogens is 837 g/mol. The molecule has 0 unspecified atom stereocenters. The second-order valence-electron chi connectivity index (χ2n) is 18.0. The van der Waals surface area contributed by atoms with Gasteiger partial charge < -0.3 is 13.9 Å². The lowest BCUT2D eigenvalue weighted by atomic mass is 9.94. The molecule has 0 spiro atoms. The molecule has 326 valence electrons. The van der Waals surface area contributed by atoms with E-state index in [0.29, 0.717) is 6.54 Å². The number of rotatable bonds is 10. The number of fused-ring (bicyclic) bond motifs is 8. The van der Waals surface area contributed by atoms with Crippen molar-refractivity contribution >= 4 is 65.9 Å². The molecule has 2 heterocycles. The number of aromatic nitrogens is 1. The maximum atomic E-state index is 6.36. The third-order valence-electron chi connectivity index (χ3n) is 14.0. The lowest BCUT2D eigenvalue weighted by Gasteiger charge is -2.27. The van der Waals surface area contributed by atoms with Crippen molar-refractivity contribution in [1.82, 2.24) is 4.57 Å². The van der Waals surface area contributed by atoms with Crippen LogP contribution in [-0.4, -0.2) is 4.57 Å². The molecule has 0 aliphatic heterocycles. The molecule has 69 heavy (non-hydrogen) atoms. The number of benzene rings is 11. The van der Waals surface area contributed by atoms with Gasteiger partial charge in [-0.05, 0) is 122 Å². The van der Waals surface area contributed by atoms with E-state index in [1.807, 2.05) is 6.07 Å². The van der Waals surface area contributed by atoms with Crippen LogP contribution < -0.4 is 4.90 Å². The summed E-state index contributed by atoms with van der Waals surface area (Å²) in [5, 5.41) is 7.36. The summed E-state index contributed by atoms with van der Waals surface area (Å²) in [4.78, 5) is 2.45. The van der Waals surface area contributed by atoms with Gasteiger partial charge in [-0.3, -0.25) is 0 Å². The van der Waals surface area contributed by atoms with E-state index >= 15 is 0 Å². The first-order valence-corrected chi connectivity index (χ1v) is 23.8. The fourth-order valence-corrected chi connectivity index (χ4v) is 10.7. The number of nitrogens with zero attached hydrogens (tertiary/aromatic N) is 2. The quantitative estimate of drug-likeness (QED) is 0.136. The Morgan fingerprint density at radius 1 is 0.348 bits per heavy atom. The zero-order chi connectivity index (χ0) is 45.7. The summed E-state index contributed by atoms with van der Waals surface area (Å²) in [5.41, 5.74) is 18.7. The number of hydrogen-bond acceptors (Lipinski definition) is 2. The van der Waals surface area contributed by atoms with E-state index in [-0.39, 0.29) is 0 Å². The summed E-state index contributed by atoms with van der Waals surface area (Å²) >= 11 is 0. The molecule has 13 rings (SSSR count). The molecule has 0 saturated carbocycles. The Hall–Kier alpha value is -8.92. The molecule has 0 aliphatic carbocycles. The van der Waals surface area contributed by atoms with E-state index in [0.717, 1.165) is 39.7 Å². The Morgan fingerprint density at radius 2 is 0.942 bits per heavy atom. The van der Waals surface area contributed by atoms with Gasteiger partial charge in [0.2, 0.25) is 0 Å². The van der Waals surface area contributed by atoms with Gasteiger partial charge in [-0.25, -0.2) is 0 Å².